The molecule has 122 valence electrons. The average molecular weight is 327 g/mol. The van der Waals surface area contributed by atoms with Gasteiger partial charge in [0.05, 0.1) is 6.61 Å². The number of ketones is 1. The summed E-state index contributed by atoms with van der Waals surface area (Å²) in [4.78, 5) is 23.6. The molecule has 0 saturated carbocycles. The van der Waals surface area contributed by atoms with Crippen LogP contribution in [0.25, 0.3) is 0 Å². The van der Waals surface area contributed by atoms with E-state index in [2.05, 4.69) is 15.0 Å². The normalized spacial score (nSPS) is 11.3. The summed E-state index contributed by atoms with van der Waals surface area (Å²) in [5.74, 6) is -1.82. The van der Waals surface area contributed by atoms with Crippen molar-refractivity contribution in [2.24, 2.45) is 0 Å². The Hall–Kier alpha value is -2.71. The molecule has 23 heavy (non-hydrogen) atoms. The third-order valence-corrected chi connectivity index (χ3v) is 2.84. The molecule has 1 aromatic carbocycles. The first kappa shape index (κ1) is 16.7. The number of carbonyl (C=O) groups is 2. The molecule has 2 rings (SSSR count). The maximum absolute atomic E-state index is 13.2. The number of aromatic nitrogens is 3. The average Bonchev–Trinajstić information content (AvgIpc) is 2.91. The molecule has 0 aliphatic carbocycles. The number of rotatable bonds is 5. The fourth-order valence-corrected chi connectivity index (χ4v) is 1.91. The van der Waals surface area contributed by atoms with Crippen LogP contribution in [-0.4, -0.2) is 33.4 Å². The molecule has 6 nitrogen and oxygen atoms in total. The third-order valence-electron chi connectivity index (χ3n) is 2.84. The second-order valence-corrected chi connectivity index (χ2v) is 4.44. The highest BCUT2D eigenvalue weighted by Crippen LogP contribution is 2.32. The highest BCUT2D eigenvalue weighted by molar-refractivity contribution is 6.08. The van der Waals surface area contributed by atoms with E-state index in [0.717, 1.165) is 0 Å². The molecule has 0 fully saturated rings. The Morgan fingerprint density at radius 3 is 2.43 bits per heavy atom. The van der Waals surface area contributed by atoms with Crippen LogP contribution in [0.5, 0.6) is 0 Å². The van der Waals surface area contributed by atoms with E-state index in [1.165, 1.54) is 31.2 Å². The molecule has 0 saturated heterocycles. The molecule has 1 aromatic heterocycles. The summed E-state index contributed by atoms with van der Waals surface area (Å²) in [5, 5.41) is 6.58. The topological polar surface area (TPSA) is 74.1 Å². The Morgan fingerprint density at radius 1 is 1.22 bits per heavy atom. The van der Waals surface area contributed by atoms with Gasteiger partial charge in [-0.05, 0) is 6.92 Å². The van der Waals surface area contributed by atoms with Crippen LogP contribution < -0.4 is 0 Å². The van der Waals surface area contributed by atoms with Gasteiger partial charge in [0.25, 0.3) is 0 Å². The van der Waals surface area contributed by atoms with Crippen molar-refractivity contribution in [1.29, 1.82) is 0 Å². The standard InChI is InChI=1S/C14H12F3N3O3/c1-2-23-10(21)8-20-13(14(15,16)17)11(18-19-20)12(22)9-6-4-3-5-7-9/h3-7H,2,8H2,1H3. The Balaban J connectivity index is 2.43. The summed E-state index contributed by atoms with van der Waals surface area (Å²) in [6.45, 7) is 0.761. The number of alkyl halides is 3. The molecule has 0 bridgehead atoms. The molecule has 0 spiro atoms. The number of hydrogen-bond acceptors (Lipinski definition) is 5. The molecule has 2 aromatic rings. The summed E-state index contributed by atoms with van der Waals surface area (Å²) in [7, 11) is 0. The van der Waals surface area contributed by atoms with Gasteiger partial charge in [-0.2, -0.15) is 13.2 Å². The highest BCUT2D eigenvalue weighted by Gasteiger charge is 2.42. The molecule has 1 heterocycles. The smallest absolute Gasteiger partial charge is 0.435 e. The van der Waals surface area contributed by atoms with Gasteiger partial charge < -0.3 is 4.74 Å². The van der Waals surface area contributed by atoms with Gasteiger partial charge in [0, 0.05) is 5.56 Å². The summed E-state index contributed by atoms with van der Waals surface area (Å²) < 4.78 is 44.7. The van der Waals surface area contributed by atoms with Gasteiger partial charge in [-0.1, -0.05) is 35.5 Å². The van der Waals surface area contributed by atoms with E-state index in [-0.39, 0.29) is 12.2 Å². The van der Waals surface area contributed by atoms with Crippen LogP contribution in [0, 0.1) is 0 Å². The van der Waals surface area contributed by atoms with Crippen LogP contribution in [-0.2, 0) is 22.3 Å². The molecular formula is C14H12F3N3O3. The minimum atomic E-state index is -4.89. The van der Waals surface area contributed by atoms with Crippen LogP contribution in [0.15, 0.2) is 30.3 Å². The minimum Gasteiger partial charge on any atom is -0.465 e. The number of carbonyl (C=O) groups excluding carboxylic acids is 2. The Bertz CT molecular complexity index is 711. The predicted molar refractivity (Wildman–Crippen MR) is 71.5 cm³/mol. The first-order chi connectivity index (χ1) is 10.8. The van der Waals surface area contributed by atoms with Crippen molar-refractivity contribution in [3.05, 3.63) is 47.3 Å². The van der Waals surface area contributed by atoms with Gasteiger partial charge >= 0.3 is 12.1 Å². The summed E-state index contributed by atoms with van der Waals surface area (Å²) in [6.07, 6.45) is -4.89. The van der Waals surface area contributed by atoms with E-state index in [0.29, 0.717) is 4.68 Å². The van der Waals surface area contributed by atoms with Crippen molar-refractivity contribution < 1.29 is 27.5 Å². The fraction of sp³-hybridized carbons (Fsp3) is 0.286. The predicted octanol–water partition coefficient (Wildman–Crippen LogP) is 2.09. The number of nitrogens with zero attached hydrogens (tertiary/aromatic N) is 3. The molecule has 0 atom stereocenters. The SMILES string of the molecule is CCOC(=O)Cn1nnc(C(=O)c2ccccc2)c1C(F)(F)F. The largest absolute Gasteiger partial charge is 0.465 e. The van der Waals surface area contributed by atoms with Crippen molar-refractivity contribution in [3.8, 4) is 0 Å². The number of ether oxygens (including phenoxy) is 1. The Morgan fingerprint density at radius 2 is 1.87 bits per heavy atom. The van der Waals surface area contributed by atoms with Gasteiger partial charge in [-0.3, -0.25) is 9.59 Å². The number of halogens is 3. The van der Waals surface area contributed by atoms with Gasteiger partial charge in [-0.15, -0.1) is 5.10 Å². The van der Waals surface area contributed by atoms with E-state index in [1.54, 1.807) is 6.07 Å². The fourth-order valence-electron chi connectivity index (χ4n) is 1.91. The number of esters is 1. The quantitative estimate of drug-likeness (QED) is 0.621. The van der Waals surface area contributed by atoms with Crippen molar-refractivity contribution in [2.45, 2.75) is 19.6 Å². The van der Waals surface area contributed by atoms with E-state index < -0.39 is 35.9 Å². The lowest BCUT2D eigenvalue weighted by molar-refractivity contribution is -0.149. The lowest BCUT2D eigenvalue weighted by Crippen LogP contribution is -2.22. The molecule has 0 unspecified atom stereocenters. The molecule has 0 N–H and O–H groups in total. The third kappa shape index (κ3) is 3.74. The van der Waals surface area contributed by atoms with Crippen LogP contribution in [0.3, 0.4) is 0 Å². The maximum atomic E-state index is 13.2. The molecule has 0 aliphatic rings. The maximum Gasteiger partial charge on any atom is 0.435 e. The number of benzene rings is 1. The van der Waals surface area contributed by atoms with Crippen LogP contribution in [0.2, 0.25) is 0 Å². The van der Waals surface area contributed by atoms with Crippen LogP contribution in [0.1, 0.15) is 28.7 Å². The van der Waals surface area contributed by atoms with Crippen molar-refractivity contribution in [1.82, 2.24) is 15.0 Å². The first-order valence-corrected chi connectivity index (χ1v) is 6.60. The second-order valence-electron chi connectivity index (χ2n) is 4.44. The van der Waals surface area contributed by atoms with Gasteiger partial charge in [0.15, 0.2) is 11.4 Å². The van der Waals surface area contributed by atoms with E-state index in [9.17, 15) is 22.8 Å². The zero-order valence-corrected chi connectivity index (χ0v) is 12.0. The summed E-state index contributed by atoms with van der Waals surface area (Å²) >= 11 is 0. The van der Waals surface area contributed by atoms with Gasteiger partial charge in [0.2, 0.25) is 5.78 Å². The minimum absolute atomic E-state index is 0.0185. The van der Waals surface area contributed by atoms with Crippen molar-refractivity contribution >= 4 is 11.8 Å². The molecule has 9 heteroatoms. The molecule has 0 amide bonds. The lowest BCUT2D eigenvalue weighted by atomic mass is 10.1. The molecule has 0 radical (unpaired) electrons. The number of hydrogen-bond donors (Lipinski definition) is 0. The van der Waals surface area contributed by atoms with E-state index in [1.807, 2.05) is 0 Å². The van der Waals surface area contributed by atoms with Gasteiger partial charge in [0.1, 0.15) is 6.54 Å². The van der Waals surface area contributed by atoms with Crippen LogP contribution >= 0.6 is 0 Å². The zero-order valence-electron chi connectivity index (χ0n) is 12.0. The zero-order chi connectivity index (χ0) is 17.0. The first-order valence-electron chi connectivity index (χ1n) is 6.60. The molecule has 0 aliphatic heterocycles. The van der Waals surface area contributed by atoms with Gasteiger partial charge in [-0.25, -0.2) is 4.68 Å². The van der Waals surface area contributed by atoms with Crippen molar-refractivity contribution in [3.63, 3.8) is 0 Å². The monoisotopic (exact) mass is 327 g/mol. The van der Waals surface area contributed by atoms with Crippen molar-refractivity contribution in [2.75, 3.05) is 6.61 Å². The lowest BCUT2D eigenvalue weighted by Gasteiger charge is -2.10. The van der Waals surface area contributed by atoms with E-state index in [4.69, 9.17) is 0 Å². The highest BCUT2D eigenvalue weighted by atomic mass is 19.4. The summed E-state index contributed by atoms with van der Waals surface area (Å²) in [6, 6.07) is 7.39. The Kier molecular flexibility index (Phi) is 4.77. The second kappa shape index (κ2) is 6.59. The summed E-state index contributed by atoms with van der Waals surface area (Å²) in [5.41, 5.74) is -2.19. The Labute approximate surface area is 128 Å². The molecular weight excluding hydrogens is 315 g/mol. The van der Waals surface area contributed by atoms with Crippen LogP contribution in [0.4, 0.5) is 13.2 Å². The van der Waals surface area contributed by atoms with E-state index >= 15 is 0 Å².